The van der Waals surface area contributed by atoms with Crippen LogP contribution in [-0.4, -0.2) is 12.3 Å². The molecule has 116 valence electrons. The van der Waals surface area contributed by atoms with E-state index < -0.39 is 6.09 Å². The molecule has 0 saturated carbocycles. The highest BCUT2D eigenvalue weighted by Crippen LogP contribution is 2.24. The number of halogens is 1. The number of nitrogens with one attached hydrogen (secondary N) is 1. The third-order valence-corrected chi connectivity index (χ3v) is 4.56. The van der Waals surface area contributed by atoms with Gasteiger partial charge in [-0.05, 0) is 65.6 Å². The third kappa shape index (κ3) is 4.06. The molecule has 23 heavy (non-hydrogen) atoms. The van der Waals surface area contributed by atoms with Crippen molar-refractivity contribution in [3.8, 4) is 5.75 Å². The van der Waals surface area contributed by atoms with E-state index in [1.807, 2.05) is 60.9 Å². The second kappa shape index (κ2) is 7.06. The molecule has 3 aromatic carbocycles. The number of rotatable bonds is 3. The first-order valence-corrected chi connectivity index (χ1v) is 8.98. The monoisotopic (exact) mass is 387 g/mol. The largest absolute Gasteiger partial charge is 0.417 e. The molecule has 5 heteroatoms. The van der Waals surface area contributed by atoms with Crippen LogP contribution in [0.15, 0.2) is 70.0 Å². The fraction of sp³-hybridized carbons (Fsp3) is 0.0556. The van der Waals surface area contributed by atoms with Gasteiger partial charge >= 0.3 is 6.09 Å². The van der Waals surface area contributed by atoms with Gasteiger partial charge in [0.05, 0.1) is 0 Å². The highest BCUT2D eigenvalue weighted by atomic mass is 79.9. The first-order chi connectivity index (χ1) is 11.1. The number of benzene rings is 3. The van der Waals surface area contributed by atoms with Crippen molar-refractivity contribution in [1.82, 2.24) is 0 Å². The Hall–Kier alpha value is -1.98. The molecule has 1 amide bonds. The van der Waals surface area contributed by atoms with Crippen molar-refractivity contribution in [2.45, 2.75) is 4.90 Å². The lowest BCUT2D eigenvalue weighted by Gasteiger charge is -2.08. The van der Waals surface area contributed by atoms with Gasteiger partial charge in [-0.25, -0.2) is 4.79 Å². The number of amides is 1. The van der Waals surface area contributed by atoms with Gasteiger partial charge in [0.25, 0.3) is 0 Å². The Morgan fingerprint density at radius 3 is 2.43 bits per heavy atom. The summed E-state index contributed by atoms with van der Waals surface area (Å²) in [5.41, 5.74) is 0.706. The van der Waals surface area contributed by atoms with Crippen LogP contribution in [0.25, 0.3) is 10.8 Å². The van der Waals surface area contributed by atoms with Crippen molar-refractivity contribution in [1.29, 1.82) is 0 Å². The fourth-order valence-corrected chi connectivity index (χ4v) is 2.97. The number of ether oxygens (including phenoxy) is 1. The van der Waals surface area contributed by atoms with Gasteiger partial charge in [-0.15, -0.1) is 11.8 Å². The van der Waals surface area contributed by atoms with E-state index in [1.54, 1.807) is 17.8 Å². The van der Waals surface area contributed by atoms with Crippen molar-refractivity contribution in [3.05, 3.63) is 65.1 Å². The first-order valence-electron chi connectivity index (χ1n) is 6.96. The molecule has 0 aromatic heterocycles. The number of fused-ring (bicyclic) bond motifs is 1. The summed E-state index contributed by atoms with van der Waals surface area (Å²) >= 11 is 5.10. The van der Waals surface area contributed by atoms with E-state index >= 15 is 0 Å². The van der Waals surface area contributed by atoms with E-state index in [-0.39, 0.29) is 0 Å². The van der Waals surface area contributed by atoms with Crippen LogP contribution in [-0.2, 0) is 0 Å². The molecule has 0 aliphatic rings. The van der Waals surface area contributed by atoms with Crippen LogP contribution in [0, 0.1) is 0 Å². The van der Waals surface area contributed by atoms with Crippen LogP contribution in [0.5, 0.6) is 5.75 Å². The molecule has 3 aromatic rings. The molecular formula is C18H14BrNO2S. The Kier molecular flexibility index (Phi) is 4.88. The Balaban J connectivity index is 1.70. The summed E-state index contributed by atoms with van der Waals surface area (Å²) in [7, 11) is 0. The summed E-state index contributed by atoms with van der Waals surface area (Å²) in [4.78, 5) is 13.1. The molecule has 0 atom stereocenters. The molecule has 1 N–H and O–H groups in total. The predicted octanol–water partition coefficient (Wildman–Crippen LogP) is 5.94. The molecule has 0 unspecified atom stereocenters. The maximum atomic E-state index is 12.0. The maximum absolute atomic E-state index is 12.0. The minimum absolute atomic E-state index is 0.502. The zero-order valence-corrected chi connectivity index (χ0v) is 14.8. The minimum Gasteiger partial charge on any atom is -0.410 e. The average Bonchev–Trinajstić information content (AvgIpc) is 2.55. The van der Waals surface area contributed by atoms with Crippen LogP contribution in [0.4, 0.5) is 10.5 Å². The summed E-state index contributed by atoms with van der Waals surface area (Å²) in [6.45, 7) is 0. The van der Waals surface area contributed by atoms with Crippen LogP contribution in [0.3, 0.4) is 0 Å². The Morgan fingerprint density at radius 2 is 1.70 bits per heavy atom. The fourth-order valence-electron chi connectivity index (χ4n) is 2.18. The molecule has 3 rings (SSSR count). The van der Waals surface area contributed by atoms with Gasteiger partial charge in [0.1, 0.15) is 5.75 Å². The lowest BCUT2D eigenvalue weighted by atomic mass is 10.1. The summed E-state index contributed by atoms with van der Waals surface area (Å²) in [6.07, 6.45) is 1.51. The topological polar surface area (TPSA) is 38.3 Å². The molecule has 0 saturated heterocycles. The van der Waals surface area contributed by atoms with Crippen LogP contribution in [0.1, 0.15) is 0 Å². The molecule has 0 bridgehead atoms. The molecule has 0 radical (unpaired) electrons. The van der Waals surface area contributed by atoms with Crippen molar-refractivity contribution in [2.75, 3.05) is 11.6 Å². The Bertz CT molecular complexity index is 849. The second-order valence-electron chi connectivity index (χ2n) is 4.90. The normalized spacial score (nSPS) is 10.5. The van der Waals surface area contributed by atoms with E-state index in [2.05, 4.69) is 21.2 Å². The Labute approximate surface area is 147 Å². The number of carbonyl (C=O) groups excluding carboxylic acids is 1. The van der Waals surface area contributed by atoms with E-state index in [9.17, 15) is 4.79 Å². The molecule has 0 heterocycles. The number of carbonyl (C=O) groups is 1. The highest BCUT2D eigenvalue weighted by Gasteiger charge is 2.06. The van der Waals surface area contributed by atoms with Crippen LogP contribution >= 0.6 is 27.7 Å². The number of anilines is 1. The minimum atomic E-state index is -0.502. The molecule has 3 nitrogen and oxygen atoms in total. The molecule has 0 fully saturated rings. The van der Waals surface area contributed by atoms with Gasteiger partial charge in [0.15, 0.2) is 0 Å². The summed E-state index contributed by atoms with van der Waals surface area (Å²) in [5.74, 6) is 0.512. The van der Waals surface area contributed by atoms with Gasteiger partial charge in [-0.1, -0.05) is 28.1 Å². The van der Waals surface area contributed by atoms with Gasteiger partial charge in [0.2, 0.25) is 0 Å². The number of thioether (sulfide) groups is 1. The second-order valence-corrected chi connectivity index (χ2v) is 6.69. The zero-order chi connectivity index (χ0) is 16.2. The quantitative estimate of drug-likeness (QED) is 0.565. The van der Waals surface area contributed by atoms with Gasteiger partial charge in [-0.2, -0.15) is 0 Å². The van der Waals surface area contributed by atoms with E-state index in [1.165, 1.54) is 0 Å². The molecule has 0 aliphatic carbocycles. The van der Waals surface area contributed by atoms with Gasteiger partial charge < -0.3 is 4.74 Å². The summed E-state index contributed by atoms with van der Waals surface area (Å²) in [6, 6.07) is 19.1. The zero-order valence-electron chi connectivity index (χ0n) is 12.4. The maximum Gasteiger partial charge on any atom is 0.417 e. The SMILES string of the molecule is CSc1ccc(NC(=O)Oc2ccc3cc(Br)ccc3c2)cc1. The highest BCUT2D eigenvalue weighted by molar-refractivity contribution is 9.10. The van der Waals surface area contributed by atoms with Crippen molar-refractivity contribution < 1.29 is 9.53 Å². The van der Waals surface area contributed by atoms with E-state index in [0.29, 0.717) is 11.4 Å². The smallest absolute Gasteiger partial charge is 0.410 e. The first kappa shape index (κ1) is 15.9. The van der Waals surface area contributed by atoms with E-state index in [0.717, 1.165) is 20.1 Å². The van der Waals surface area contributed by atoms with Crippen molar-refractivity contribution in [2.24, 2.45) is 0 Å². The summed E-state index contributed by atoms with van der Waals surface area (Å²) in [5, 5.41) is 4.82. The lowest BCUT2D eigenvalue weighted by Crippen LogP contribution is -2.16. The molecular weight excluding hydrogens is 374 g/mol. The van der Waals surface area contributed by atoms with Gasteiger partial charge in [-0.3, -0.25) is 5.32 Å². The third-order valence-electron chi connectivity index (χ3n) is 3.32. The van der Waals surface area contributed by atoms with Gasteiger partial charge in [0, 0.05) is 15.1 Å². The number of hydrogen-bond donors (Lipinski definition) is 1. The Morgan fingerprint density at radius 1 is 1.00 bits per heavy atom. The lowest BCUT2D eigenvalue weighted by molar-refractivity contribution is 0.215. The molecule has 0 spiro atoms. The van der Waals surface area contributed by atoms with Crippen molar-refractivity contribution in [3.63, 3.8) is 0 Å². The summed E-state index contributed by atoms with van der Waals surface area (Å²) < 4.78 is 6.36. The average molecular weight is 388 g/mol. The standard InChI is InChI=1S/C18H14BrNO2S/c1-23-17-8-5-15(6-9-17)20-18(21)22-16-7-3-12-10-14(19)4-2-13(12)11-16/h2-11H,1H3,(H,20,21). The van der Waals surface area contributed by atoms with Crippen molar-refractivity contribution >= 4 is 50.2 Å². The van der Waals surface area contributed by atoms with Crippen LogP contribution < -0.4 is 10.1 Å². The molecule has 0 aliphatic heterocycles. The van der Waals surface area contributed by atoms with Crippen LogP contribution in [0.2, 0.25) is 0 Å². The number of hydrogen-bond acceptors (Lipinski definition) is 3. The predicted molar refractivity (Wildman–Crippen MR) is 99.5 cm³/mol. The van der Waals surface area contributed by atoms with E-state index in [4.69, 9.17) is 4.74 Å².